The summed E-state index contributed by atoms with van der Waals surface area (Å²) in [5.74, 6) is -0.541. The van der Waals surface area contributed by atoms with E-state index in [9.17, 15) is 13.2 Å². The maximum atomic E-state index is 12.2. The number of rotatable bonds is 5. The van der Waals surface area contributed by atoms with Crippen LogP contribution in [0.4, 0.5) is 0 Å². The molecule has 102 valence electrons. The monoisotopic (exact) mass is 281 g/mol. The summed E-state index contributed by atoms with van der Waals surface area (Å²) < 4.78 is 25.2. The van der Waals surface area contributed by atoms with E-state index in [1.807, 2.05) is 6.92 Å². The van der Waals surface area contributed by atoms with Crippen LogP contribution in [0.3, 0.4) is 0 Å². The number of hydrogen-bond donors (Lipinski definition) is 1. The molecule has 1 aliphatic rings. The number of nitrogens with one attached hydrogen (secondary N) is 1. The van der Waals surface area contributed by atoms with E-state index in [4.69, 9.17) is 0 Å². The first-order valence-electron chi connectivity index (χ1n) is 5.88. The maximum absolute atomic E-state index is 12.2. The van der Waals surface area contributed by atoms with Crippen molar-refractivity contribution in [2.75, 3.05) is 19.6 Å². The van der Waals surface area contributed by atoms with Gasteiger partial charge >= 0.3 is 0 Å². The lowest BCUT2D eigenvalue weighted by atomic mass is 10.2. The van der Waals surface area contributed by atoms with Crippen LogP contribution < -0.4 is 5.32 Å². The first-order valence-corrected chi connectivity index (χ1v) is 7.32. The van der Waals surface area contributed by atoms with Crippen molar-refractivity contribution in [3.05, 3.63) is 36.0 Å². The molecule has 2 rings (SSSR count). The zero-order valence-corrected chi connectivity index (χ0v) is 11.4. The Morgan fingerprint density at radius 3 is 2.89 bits per heavy atom. The molecular formula is C12H15N3O3S. The highest BCUT2D eigenvalue weighted by Gasteiger charge is 2.42. The molecule has 0 saturated carbocycles. The standard InChI is InChI=1S/C12H15N3O3S/c1-3-13-7-9(2)8-15-12(16)10-5-4-6-14-11(10)19(15,17)18/h4-6,13H,2-3,7-8H2,1H3. The molecule has 1 aromatic heterocycles. The molecule has 0 unspecified atom stereocenters. The number of likely N-dealkylation sites (N-methyl/N-ethyl adjacent to an activating group) is 1. The van der Waals surface area contributed by atoms with Crippen LogP contribution in [0.5, 0.6) is 0 Å². The number of sulfonamides is 1. The van der Waals surface area contributed by atoms with Crippen molar-refractivity contribution >= 4 is 15.9 Å². The topological polar surface area (TPSA) is 79.4 Å². The summed E-state index contributed by atoms with van der Waals surface area (Å²) in [5, 5.41) is 2.87. The summed E-state index contributed by atoms with van der Waals surface area (Å²) in [5.41, 5.74) is 0.755. The Kier molecular flexibility index (Phi) is 3.68. The second-order valence-corrected chi connectivity index (χ2v) is 5.98. The van der Waals surface area contributed by atoms with Crippen LogP contribution in [-0.2, 0) is 10.0 Å². The lowest BCUT2D eigenvalue weighted by Crippen LogP contribution is -2.34. The molecule has 0 saturated heterocycles. The van der Waals surface area contributed by atoms with Crippen LogP contribution in [-0.4, -0.2) is 43.2 Å². The van der Waals surface area contributed by atoms with Gasteiger partial charge in [0.05, 0.1) is 12.1 Å². The van der Waals surface area contributed by atoms with Gasteiger partial charge < -0.3 is 5.32 Å². The smallest absolute Gasteiger partial charge is 0.285 e. The van der Waals surface area contributed by atoms with Gasteiger partial charge in [-0.2, -0.15) is 8.42 Å². The maximum Gasteiger partial charge on any atom is 0.285 e. The van der Waals surface area contributed by atoms with E-state index in [0.29, 0.717) is 12.1 Å². The van der Waals surface area contributed by atoms with Crippen molar-refractivity contribution in [2.45, 2.75) is 11.9 Å². The van der Waals surface area contributed by atoms with Gasteiger partial charge in [0.2, 0.25) is 0 Å². The van der Waals surface area contributed by atoms with Crippen LogP contribution in [0.25, 0.3) is 0 Å². The van der Waals surface area contributed by atoms with Crippen LogP contribution in [0.1, 0.15) is 17.3 Å². The number of hydrogen-bond acceptors (Lipinski definition) is 5. The fourth-order valence-electron chi connectivity index (χ4n) is 1.82. The summed E-state index contributed by atoms with van der Waals surface area (Å²) in [6.07, 6.45) is 1.36. The molecule has 2 heterocycles. The molecule has 6 nitrogen and oxygen atoms in total. The Morgan fingerprint density at radius 2 is 2.26 bits per heavy atom. The summed E-state index contributed by atoms with van der Waals surface area (Å²) in [6.45, 7) is 6.91. The zero-order chi connectivity index (χ0) is 14.0. The van der Waals surface area contributed by atoms with E-state index in [-0.39, 0.29) is 17.1 Å². The van der Waals surface area contributed by atoms with Gasteiger partial charge in [0.15, 0.2) is 5.03 Å². The highest BCUT2D eigenvalue weighted by Crippen LogP contribution is 2.28. The molecule has 1 N–H and O–H groups in total. The summed E-state index contributed by atoms with van der Waals surface area (Å²) in [6, 6.07) is 3.01. The molecule has 0 aliphatic carbocycles. The number of pyridine rings is 1. The minimum absolute atomic E-state index is 0.0233. The number of nitrogens with zero attached hydrogens (tertiary/aromatic N) is 2. The Bertz CT molecular complexity index is 625. The third-order valence-corrected chi connectivity index (χ3v) is 4.44. The Morgan fingerprint density at radius 1 is 1.53 bits per heavy atom. The number of carbonyl (C=O) groups is 1. The van der Waals surface area contributed by atoms with Crippen LogP contribution in [0, 0.1) is 0 Å². The summed E-state index contributed by atoms with van der Waals surface area (Å²) in [7, 11) is -3.83. The predicted octanol–water partition coefficient (Wildman–Crippen LogP) is 0.392. The summed E-state index contributed by atoms with van der Waals surface area (Å²) >= 11 is 0. The third kappa shape index (κ3) is 2.39. The highest BCUT2D eigenvalue weighted by atomic mass is 32.2. The molecule has 1 aliphatic heterocycles. The zero-order valence-electron chi connectivity index (χ0n) is 10.6. The average molecular weight is 281 g/mol. The average Bonchev–Trinajstić information content (AvgIpc) is 2.58. The number of carbonyl (C=O) groups excluding carboxylic acids is 1. The first kappa shape index (κ1) is 13.7. The van der Waals surface area contributed by atoms with Crippen LogP contribution in [0.15, 0.2) is 35.5 Å². The molecule has 0 bridgehead atoms. The minimum atomic E-state index is -3.83. The third-order valence-electron chi connectivity index (χ3n) is 2.75. The van der Waals surface area contributed by atoms with Gasteiger partial charge in [-0.05, 0) is 24.3 Å². The van der Waals surface area contributed by atoms with E-state index >= 15 is 0 Å². The van der Waals surface area contributed by atoms with Gasteiger partial charge in [-0.15, -0.1) is 0 Å². The van der Waals surface area contributed by atoms with Gasteiger partial charge in [0, 0.05) is 12.7 Å². The second kappa shape index (κ2) is 5.10. The highest BCUT2D eigenvalue weighted by molar-refractivity contribution is 7.90. The first-order chi connectivity index (χ1) is 8.98. The van der Waals surface area contributed by atoms with Gasteiger partial charge in [-0.3, -0.25) is 4.79 Å². The van der Waals surface area contributed by atoms with Crippen molar-refractivity contribution in [3.8, 4) is 0 Å². The van der Waals surface area contributed by atoms with Crippen LogP contribution in [0.2, 0.25) is 0 Å². The number of aromatic nitrogens is 1. The lowest BCUT2D eigenvalue weighted by Gasteiger charge is -2.16. The molecule has 1 amide bonds. The Balaban J connectivity index is 2.26. The lowest BCUT2D eigenvalue weighted by molar-refractivity contribution is 0.0878. The quantitative estimate of drug-likeness (QED) is 0.790. The van der Waals surface area contributed by atoms with Crippen LogP contribution >= 0.6 is 0 Å². The summed E-state index contributed by atoms with van der Waals surface area (Å²) in [4.78, 5) is 15.9. The molecule has 0 spiro atoms. The predicted molar refractivity (Wildman–Crippen MR) is 70.1 cm³/mol. The van der Waals surface area contributed by atoms with Gasteiger partial charge in [0.1, 0.15) is 0 Å². The van der Waals surface area contributed by atoms with E-state index in [1.165, 1.54) is 12.3 Å². The molecule has 7 heteroatoms. The fraction of sp³-hybridized carbons (Fsp3) is 0.333. The van der Waals surface area contributed by atoms with Crippen molar-refractivity contribution in [1.29, 1.82) is 0 Å². The second-order valence-electron chi connectivity index (χ2n) is 4.20. The van der Waals surface area contributed by atoms with Gasteiger partial charge in [-0.25, -0.2) is 9.29 Å². The van der Waals surface area contributed by atoms with Gasteiger partial charge in [0.25, 0.3) is 15.9 Å². The molecule has 0 atom stereocenters. The van der Waals surface area contributed by atoms with Crippen molar-refractivity contribution in [3.63, 3.8) is 0 Å². The Hall–Kier alpha value is -1.73. The molecule has 19 heavy (non-hydrogen) atoms. The largest absolute Gasteiger partial charge is 0.313 e. The minimum Gasteiger partial charge on any atom is -0.313 e. The molecule has 1 aromatic rings. The fourth-order valence-corrected chi connectivity index (χ4v) is 3.33. The van der Waals surface area contributed by atoms with E-state index in [1.54, 1.807) is 6.07 Å². The Labute approximate surface area is 112 Å². The van der Waals surface area contributed by atoms with Crippen molar-refractivity contribution < 1.29 is 13.2 Å². The molecule has 0 radical (unpaired) electrons. The molecule has 0 aromatic carbocycles. The van der Waals surface area contributed by atoms with E-state index in [2.05, 4.69) is 16.9 Å². The SMILES string of the molecule is C=C(CNCC)CN1C(=O)c2cccnc2S1(=O)=O. The van der Waals surface area contributed by atoms with Crippen molar-refractivity contribution in [2.24, 2.45) is 0 Å². The normalized spacial score (nSPS) is 16.5. The van der Waals surface area contributed by atoms with Crippen molar-refractivity contribution in [1.82, 2.24) is 14.6 Å². The van der Waals surface area contributed by atoms with E-state index < -0.39 is 15.9 Å². The van der Waals surface area contributed by atoms with E-state index in [0.717, 1.165) is 10.8 Å². The number of amides is 1. The number of fused-ring (bicyclic) bond motifs is 1. The molecule has 0 fully saturated rings. The molecular weight excluding hydrogens is 266 g/mol. The van der Waals surface area contributed by atoms with Gasteiger partial charge in [-0.1, -0.05) is 13.5 Å².